The minimum Gasteiger partial charge on any atom is -0.488 e. The van der Waals surface area contributed by atoms with Gasteiger partial charge >= 0.3 is 0 Å². The van der Waals surface area contributed by atoms with Gasteiger partial charge in [-0.1, -0.05) is 123 Å². The van der Waals surface area contributed by atoms with Crippen molar-refractivity contribution < 1.29 is 19.1 Å². The van der Waals surface area contributed by atoms with Gasteiger partial charge in [-0.2, -0.15) is 0 Å². The summed E-state index contributed by atoms with van der Waals surface area (Å²) in [6.07, 6.45) is 10.9. The van der Waals surface area contributed by atoms with E-state index in [-0.39, 0.29) is 44.6 Å². The summed E-state index contributed by atoms with van der Waals surface area (Å²) in [4.78, 5) is 45.2. The maximum atomic E-state index is 12.5. The highest BCUT2D eigenvalue weighted by Crippen LogP contribution is 2.60. The van der Waals surface area contributed by atoms with E-state index in [9.17, 15) is 14.4 Å². The average molecular weight is 1020 g/mol. The van der Waals surface area contributed by atoms with Crippen molar-refractivity contribution in [2.24, 2.45) is 23.2 Å². The Morgan fingerprint density at radius 2 is 0.851 bits per heavy atom. The fourth-order valence-electron chi connectivity index (χ4n) is 11.2. The lowest BCUT2D eigenvalue weighted by atomic mass is 9.49. The van der Waals surface area contributed by atoms with Crippen molar-refractivity contribution in [3.05, 3.63) is 211 Å². The van der Waals surface area contributed by atoms with Crippen LogP contribution in [0.25, 0.3) is 0 Å². The molecule has 1 aliphatic heterocycles. The number of amides is 3. The molecule has 7 aromatic carbocycles. The van der Waals surface area contributed by atoms with Crippen LogP contribution in [0.1, 0.15) is 113 Å². The number of fused-ring (bicyclic) bond motifs is 1. The predicted octanol–water partition coefficient (Wildman–Crippen LogP) is 15.6. The lowest BCUT2D eigenvalue weighted by molar-refractivity contribution is -0.146. The van der Waals surface area contributed by atoms with Gasteiger partial charge in [0.2, 0.25) is 5.91 Å². The molecule has 4 saturated carbocycles. The molecule has 3 amide bonds. The first-order valence-corrected chi connectivity index (χ1v) is 29.2. The van der Waals surface area contributed by atoms with Crippen LogP contribution in [0.2, 0.25) is 0 Å². The normalized spacial score (nSPS) is 19.1. The third-order valence-electron chi connectivity index (χ3n) is 14.0. The van der Waals surface area contributed by atoms with Crippen LogP contribution in [0, 0.1) is 23.2 Å². The molecule has 0 aromatic heterocycles. The summed E-state index contributed by atoms with van der Waals surface area (Å²) in [5.74, 6) is 3.61. The third kappa shape index (κ3) is 13.9. The lowest BCUT2D eigenvalue weighted by Gasteiger charge is -2.55. The van der Waals surface area contributed by atoms with Gasteiger partial charge in [0.25, 0.3) is 11.8 Å². The molecule has 8 heteroatoms. The minimum atomic E-state index is -0.179. The number of unbranched alkanes of at least 4 members (excludes halogenated alkanes) is 1. The van der Waals surface area contributed by atoms with Gasteiger partial charge in [-0.25, -0.2) is 0 Å². The molecule has 4 aliphatic carbocycles. The molecule has 0 saturated heterocycles. The van der Waals surface area contributed by atoms with E-state index >= 15 is 0 Å². The molecular formula is C66H74N2O4S2+2. The van der Waals surface area contributed by atoms with E-state index in [1.807, 2.05) is 6.92 Å². The highest BCUT2D eigenvalue weighted by atomic mass is 32.2. The minimum absolute atomic E-state index is 0.0146. The molecule has 7 aromatic rings. The largest absolute Gasteiger partial charge is 0.488 e. The second-order valence-corrected chi connectivity index (χ2v) is 25.0. The molecule has 5 aliphatic rings. The Morgan fingerprint density at radius 1 is 0.514 bits per heavy atom. The summed E-state index contributed by atoms with van der Waals surface area (Å²) in [5.41, 5.74) is 0.946. The molecule has 0 radical (unpaired) electrons. The van der Waals surface area contributed by atoms with Crippen molar-refractivity contribution in [3.63, 3.8) is 0 Å². The number of imide groups is 1. The SMILES string of the molecule is CC(C)(C)Oc1ccc([S+](c2ccccc2)c2ccccc2)cc1.CCCCNC(=O)C12CC3CC(CC(C3)C1)C2.CCCN1C(=O)c2ccccc2C1=O.c1ccc([S+](c2ccccc2)c2ccccc2)cc1. The molecule has 0 spiro atoms. The third-order valence-corrected chi connectivity index (χ3v) is 18.5. The van der Waals surface area contributed by atoms with Gasteiger partial charge in [-0.15, -0.1) is 0 Å². The Balaban J connectivity index is 0.000000134. The number of nitrogens with one attached hydrogen (secondary N) is 1. The van der Waals surface area contributed by atoms with Gasteiger partial charge in [-0.3, -0.25) is 19.3 Å². The Bertz CT molecular complexity index is 2650. The molecule has 4 bridgehead atoms. The predicted molar refractivity (Wildman–Crippen MR) is 304 cm³/mol. The maximum Gasteiger partial charge on any atom is 0.261 e. The number of carbonyl (C=O) groups excluding carboxylic acids is 3. The van der Waals surface area contributed by atoms with E-state index in [0.717, 1.165) is 42.9 Å². The van der Waals surface area contributed by atoms with Crippen LogP contribution in [0.5, 0.6) is 5.75 Å². The van der Waals surface area contributed by atoms with Crippen LogP contribution in [0.4, 0.5) is 0 Å². The maximum absolute atomic E-state index is 12.5. The van der Waals surface area contributed by atoms with Gasteiger partial charge in [0, 0.05) is 18.5 Å². The van der Waals surface area contributed by atoms with E-state index in [1.54, 1.807) is 24.3 Å². The second-order valence-electron chi connectivity index (χ2n) is 21.0. The molecular weight excluding hydrogens is 949 g/mol. The standard InChI is InChI=1S/C22H23OS.C18H15S.C15H25NO.C11H11NO2/c1-22(2,3)23-18-14-16-21(17-15-18)24(19-10-6-4-7-11-19)20-12-8-5-9-13-20;1-4-10-16(11-5-1)19(17-12-6-2-7-13-17)18-14-8-3-9-15-18;1-2-3-4-16-14(17)15-8-11-5-12(9-15)7-13(6-11)10-15;1-2-7-12-10(13)8-5-3-4-6-9(8)11(12)14/h4-17H,1-3H3;1-15H;11-13H,2-10H2,1H3,(H,16,17);3-6H,2,7H2,1H3/q2*+1;;. The lowest BCUT2D eigenvalue weighted by Crippen LogP contribution is -2.53. The highest BCUT2D eigenvalue weighted by molar-refractivity contribution is 7.97. The number of benzene rings is 7. The molecule has 4 fully saturated rings. The van der Waals surface area contributed by atoms with Crippen molar-refractivity contribution in [1.82, 2.24) is 10.2 Å². The summed E-state index contributed by atoms with van der Waals surface area (Å²) in [7, 11) is -0.116. The number of hydrogen-bond donors (Lipinski definition) is 1. The quantitative estimate of drug-likeness (QED) is 0.0709. The molecule has 74 heavy (non-hydrogen) atoms. The second kappa shape index (κ2) is 25.7. The van der Waals surface area contributed by atoms with E-state index in [0.29, 0.717) is 23.6 Å². The van der Waals surface area contributed by atoms with Crippen LogP contribution in [0.3, 0.4) is 0 Å². The number of carbonyl (C=O) groups is 3. The highest BCUT2D eigenvalue weighted by Gasteiger charge is 2.54. The van der Waals surface area contributed by atoms with Gasteiger partial charge in [0.15, 0.2) is 29.4 Å². The fourth-order valence-corrected chi connectivity index (χ4v) is 15.4. The average Bonchev–Trinajstić information content (AvgIpc) is 3.65. The Hall–Kier alpha value is -6.35. The molecule has 6 nitrogen and oxygen atoms in total. The summed E-state index contributed by atoms with van der Waals surface area (Å²) >= 11 is 0. The van der Waals surface area contributed by atoms with Crippen molar-refractivity contribution in [2.75, 3.05) is 13.1 Å². The van der Waals surface area contributed by atoms with Crippen LogP contribution >= 0.6 is 0 Å². The van der Waals surface area contributed by atoms with Crippen molar-refractivity contribution in [2.45, 2.75) is 127 Å². The molecule has 12 rings (SSSR count). The first-order valence-electron chi connectivity index (χ1n) is 26.7. The Kier molecular flexibility index (Phi) is 18.8. The van der Waals surface area contributed by atoms with Crippen LogP contribution < -0.4 is 10.1 Å². The molecule has 0 atom stereocenters. The molecule has 1 heterocycles. The van der Waals surface area contributed by atoms with Gasteiger partial charge < -0.3 is 10.1 Å². The Labute approximate surface area is 447 Å². The zero-order valence-electron chi connectivity index (χ0n) is 44.0. The van der Waals surface area contributed by atoms with Gasteiger partial charge in [0.1, 0.15) is 11.4 Å². The topological polar surface area (TPSA) is 75.7 Å². The van der Waals surface area contributed by atoms with Crippen molar-refractivity contribution in [1.29, 1.82) is 0 Å². The van der Waals surface area contributed by atoms with E-state index < -0.39 is 0 Å². The van der Waals surface area contributed by atoms with Crippen LogP contribution in [0.15, 0.2) is 230 Å². The Morgan fingerprint density at radius 3 is 1.18 bits per heavy atom. The van der Waals surface area contributed by atoms with E-state index in [1.165, 1.54) is 79.2 Å². The van der Waals surface area contributed by atoms with E-state index in [2.05, 4.69) is 209 Å². The number of rotatable bonds is 13. The van der Waals surface area contributed by atoms with Crippen LogP contribution in [-0.4, -0.2) is 41.3 Å². The van der Waals surface area contributed by atoms with E-state index in [4.69, 9.17) is 4.74 Å². The number of ether oxygens (including phenoxy) is 1. The zero-order valence-corrected chi connectivity index (χ0v) is 45.6. The first kappa shape index (κ1) is 53.9. The zero-order chi connectivity index (χ0) is 51.9. The van der Waals surface area contributed by atoms with Gasteiger partial charge in [-0.05, 0) is 187 Å². The summed E-state index contributed by atoms with van der Waals surface area (Å²) in [5, 5.41) is 3.20. The molecule has 382 valence electrons. The fraction of sp³-hybridized carbons (Fsp3) is 0.318. The number of nitrogens with zero attached hydrogens (tertiary/aromatic N) is 1. The smallest absolute Gasteiger partial charge is 0.261 e. The van der Waals surface area contributed by atoms with Crippen molar-refractivity contribution >= 4 is 39.5 Å². The summed E-state index contributed by atoms with van der Waals surface area (Å²) < 4.78 is 5.95. The molecule has 0 unspecified atom stereocenters. The number of hydrogen-bond acceptors (Lipinski definition) is 4. The van der Waals surface area contributed by atoms with Crippen LogP contribution in [-0.2, 0) is 26.6 Å². The van der Waals surface area contributed by atoms with Crippen molar-refractivity contribution in [3.8, 4) is 5.75 Å². The van der Waals surface area contributed by atoms with Gasteiger partial charge in [0.05, 0.1) is 32.9 Å². The summed E-state index contributed by atoms with van der Waals surface area (Å²) in [6, 6.07) is 69.0. The first-order chi connectivity index (χ1) is 35.9. The summed E-state index contributed by atoms with van der Waals surface area (Å²) in [6.45, 7) is 11.7. The molecule has 1 N–H and O–H groups in total. The monoisotopic (exact) mass is 1020 g/mol.